The molecule has 2 aliphatic rings. The Hall–Kier alpha value is -3.90. The van der Waals surface area contributed by atoms with E-state index in [2.05, 4.69) is 17.9 Å². The number of nitrogens with one attached hydrogen (secondary N) is 1. The lowest BCUT2D eigenvalue weighted by Crippen LogP contribution is -2.25. The van der Waals surface area contributed by atoms with Gasteiger partial charge in [-0.2, -0.15) is 0 Å². The fourth-order valence-corrected chi connectivity index (χ4v) is 4.91. The average molecular weight is 500 g/mol. The number of carbonyl (C=O) groups excluding carboxylic acids is 1. The van der Waals surface area contributed by atoms with E-state index >= 15 is 0 Å². The van der Waals surface area contributed by atoms with Crippen molar-refractivity contribution in [1.82, 2.24) is 0 Å². The third-order valence-corrected chi connectivity index (χ3v) is 6.29. The van der Waals surface area contributed by atoms with Crippen molar-refractivity contribution < 1.29 is 19.7 Å². The third-order valence-electron chi connectivity index (χ3n) is 6.04. The Labute approximate surface area is 216 Å². The van der Waals surface area contributed by atoms with Crippen molar-refractivity contribution in [1.29, 1.82) is 0 Å². The Morgan fingerprint density at radius 3 is 2.36 bits per heavy atom. The molecule has 1 amide bonds. The largest absolute Gasteiger partial charge is 0.508 e. The minimum Gasteiger partial charge on any atom is -0.508 e. The van der Waals surface area contributed by atoms with Crippen LogP contribution < -0.4 is 10.1 Å². The standard InChI is InChI=1S/C28H23NO4S.C2H6/c1-15-11-19(34)12-16(2)27(15)29-28(32)21-6-4-3-5-20(21)26-22-9-7-17(30)13-24(22)33-25-14-18(31)8-10-23(25)26;1-2/h3-14,24,30-31,34H,1-2H3,(H,29,32);1-2H3. The number of phenols is 1. The number of ether oxygens (including phenoxy) is 1. The van der Waals surface area contributed by atoms with Crippen LogP contribution in [0.2, 0.25) is 0 Å². The number of fused-ring (bicyclic) bond motifs is 2. The Bertz CT molecular complexity index is 1410. The number of aromatic hydroxyl groups is 1. The molecule has 1 heterocycles. The van der Waals surface area contributed by atoms with Crippen molar-refractivity contribution >= 4 is 29.8 Å². The molecule has 6 heteroatoms. The molecule has 5 rings (SSSR count). The minimum absolute atomic E-state index is 0.0747. The van der Waals surface area contributed by atoms with E-state index in [1.165, 1.54) is 0 Å². The van der Waals surface area contributed by atoms with Crippen molar-refractivity contribution in [2.24, 2.45) is 0 Å². The van der Waals surface area contributed by atoms with E-state index in [-0.39, 0.29) is 17.4 Å². The van der Waals surface area contributed by atoms with Crippen LogP contribution >= 0.6 is 12.6 Å². The molecule has 1 aliphatic heterocycles. The Balaban J connectivity index is 0.00000148. The van der Waals surface area contributed by atoms with Crippen molar-refractivity contribution in [2.75, 3.05) is 5.32 Å². The number of carbonyl (C=O) groups is 1. The number of rotatable bonds is 3. The molecule has 3 aromatic rings. The summed E-state index contributed by atoms with van der Waals surface area (Å²) >= 11 is 4.42. The van der Waals surface area contributed by atoms with E-state index < -0.39 is 6.10 Å². The van der Waals surface area contributed by atoms with Crippen LogP contribution in [0.25, 0.3) is 5.57 Å². The van der Waals surface area contributed by atoms with E-state index in [0.29, 0.717) is 11.3 Å². The molecular formula is C30H29NO4S. The van der Waals surface area contributed by atoms with Gasteiger partial charge in [-0.1, -0.05) is 38.1 Å². The molecule has 0 fully saturated rings. The van der Waals surface area contributed by atoms with Gasteiger partial charge >= 0.3 is 0 Å². The van der Waals surface area contributed by atoms with Gasteiger partial charge in [0.25, 0.3) is 5.91 Å². The number of aliphatic hydroxyl groups excluding tert-OH is 1. The highest BCUT2D eigenvalue weighted by molar-refractivity contribution is 7.80. The number of hydrogen-bond acceptors (Lipinski definition) is 5. The number of hydrogen-bond donors (Lipinski definition) is 4. The minimum atomic E-state index is -0.544. The van der Waals surface area contributed by atoms with E-state index in [0.717, 1.165) is 44.0 Å². The summed E-state index contributed by atoms with van der Waals surface area (Å²) in [4.78, 5) is 14.4. The molecule has 0 aromatic heterocycles. The van der Waals surface area contributed by atoms with Gasteiger partial charge in [0.05, 0.1) is 0 Å². The molecule has 3 N–H and O–H groups in total. The topological polar surface area (TPSA) is 78.8 Å². The SMILES string of the molecule is CC.Cc1cc(S)cc(C)c1NC(=O)c1ccccc1C1=C2C=CC(O)=CC2Oc2cc(O)ccc21. The summed E-state index contributed by atoms with van der Waals surface area (Å²) in [7, 11) is 0. The molecule has 184 valence electrons. The lowest BCUT2D eigenvalue weighted by Gasteiger charge is -2.31. The molecule has 1 atom stereocenters. The third kappa shape index (κ3) is 4.77. The molecule has 0 saturated carbocycles. The second-order valence-electron chi connectivity index (χ2n) is 8.43. The first kappa shape index (κ1) is 25.2. The first-order chi connectivity index (χ1) is 17.3. The first-order valence-electron chi connectivity index (χ1n) is 11.9. The smallest absolute Gasteiger partial charge is 0.256 e. The van der Waals surface area contributed by atoms with Crippen LogP contribution in [0.3, 0.4) is 0 Å². The highest BCUT2D eigenvalue weighted by atomic mass is 32.1. The number of aryl methyl sites for hydroxylation is 2. The molecular weight excluding hydrogens is 470 g/mol. The Morgan fingerprint density at radius 1 is 0.944 bits per heavy atom. The van der Waals surface area contributed by atoms with Gasteiger partial charge in [0.15, 0.2) is 0 Å². The molecule has 5 nitrogen and oxygen atoms in total. The molecule has 0 spiro atoms. The predicted octanol–water partition coefficient (Wildman–Crippen LogP) is 7.15. The summed E-state index contributed by atoms with van der Waals surface area (Å²) < 4.78 is 6.06. The van der Waals surface area contributed by atoms with Gasteiger partial charge in [-0.05, 0) is 66.9 Å². The fraction of sp³-hybridized carbons (Fsp3) is 0.167. The normalized spacial score (nSPS) is 15.6. The highest BCUT2D eigenvalue weighted by Gasteiger charge is 2.31. The highest BCUT2D eigenvalue weighted by Crippen LogP contribution is 2.44. The van der Waals surface area contributed by atoms with Crippen LogP contribution in [-0.4, -0.2) is 22.2 Å². The number of phenolic OH excluding ortho intramolecular Hbond substituents is 1. The number of benzene rings is 3. The van der Waals surface area contributed by atoms with Crippen LogP contribution in [0.15, 0.2) is 89.1 Å². The lowest BCUT2D eigenvalue weighted by molar-refractivity contribution is 0.102. The monoisotopic (exact) mass is 499 g/mol. The van der Waals surface area contributed by atoms with Crippen molar-refractivity contribution in [2.45, 2.75) is 38.7 Å². The zero-order valence-electron chi connectivity index (χ0n) is 20.7. The van der Waals surface area contributed by atoms with Crippen LogP contribution in [0.1, 0.15) is 46.5 Å². The van der Waals surface area contributed by atoms with Gasteiger partial charge in [-0.3, -0.25) is 4.79 Å². The average Bonchev–Trinajstić information content (AvgIpc) is 2.85. The summed E-state index contributed by atoms with van der Waals surface area (Å²) in [5, 5.41) is 23.1. The van der Waals surface area contributed by atoms with Gasteiger partial charge in [0.2, 0.25) is 0 Å². The van der Waals surface area contributed by atoms with Crippen LogP contribution in [0, 0.1) is 13.8 Å². The second kappa shape index (κ2) is 10.4. The molecule has 3 aromatic carbocycles. The van der Waals surface area contributed by atoms with Crippen molar-refractivity contribution in [3.05, 3.63) is 112 Å². The van der Waals surface area contributed by atoms with Gasteiger partial charge in [0, 0.05) is 45.0 Å². The van der Waals surface area contributed by atoms with E-state index in [1.54, 1.807) is 42.5 Å². The van der Waals surface area contributed by atoms with Crippen LogP contribution in [-0.2, 0) is 0 Å². The summed E-state index contributed by atoms with van der Waals surface area (Å²) in [5.74, 6) is 0.421. The maximum Gasteiger partial charge on any atom is 0.256 e. The molecule has 0 saturated heterocycles. The van der Waals surface area contributed by atoms with Crippen LogP contribution in [0.5, 0.6) is 11.5 Å². The zero-order valence-corrected chi connectivity index (χ0v) is 21.6. The molecule has 0 radical (unpaired) electrons. The Morgan fingerprint density at radius 2 is 1.64 bits per heavy atom. The number of anilines is 1. The van der Waals surface area contributed by atoms with Gasteiger partial charge in [-0.15, -0.1) is 12.6 Å². The van der Waals surface area contributed by atoms with Crippen LogP contribution in [0.4, 0.5) is 5.69 Å². The molecule has 36 heavy (non-hydrogen) atoms. The predicted molar refractivity (Wildman–Crippen MR) is 147 cm³/mol. The fourth-order valence-electron chi connectivity index (χ4n) is 4.52. The maximum absolute atomic E-state index is 13.6. The second-order valence-corrected chi connectivity index (χ2v) is 8.94. The van der Waals surface area contributed by atoms with Crippen molar-refractivity contribution in [3.63, 3.8) is 0 Å². The van der Waals surface area contributed by atoms with E-state index in [4.69, 9.17) is 4.74 Å². The summed E-state index contributed by atoms with van der Waals surface area (Å²) in [5.41, 5.74) is 6.26. The number of amides is 1. The summed E-state index contributed by atoms with van der Waals surface area (Å²) in [6.45, 7) is 7.88. The first-order valence-corrected chi connectivity index (χ1v) is 12.3. The zero-order chi connectivity index (χ0) is 26.0. The van der Waals surface area contributed by atoms with Crippen molar-refractivity contribution in [3.8, 4) is 11.5 Å². The molecule has 1 aliphatic carbocycles. The summed E-state index contributed by atoms with van der Waals surface area (Å²) in [6.07, 6.45) is 4.48. The Kier molecular flexibility index (Phi) is 7.27. The lowest BCUT2D eigenvalue weighted by atomic mass is 9.84. The van der Waals surface area contributed by atoms with Gasteiger partial charge in [0.1, 0.15) is 23.4 Å². The summed E-state index contributed by atoms with van der Waals surface area (Å²) in [6, 6.07) is 16.2. The molecule has 1 unspecified atom stereocenters. The number of aliphatic hydroxyl groups is 1. The van der Waals surface area contributed by atoms with E-state index in [9.17, 15) is 15.0 Å². The van der Waals surface area contributed by atoms with Gasteiger partial charge < -0.3 is 20.3 Å². The van der Waals surface area contributed by atoms with Gasteiger partial charge in [-0.25, -0.2) is 0 Å². The molecule has 0 bridgehead atoms. The van der Waals surface area contributed by atoms with E-state index in [1.807, 2.05) is 58.0 Å². The quantitative estimate of drug-likeness (QED) is 0.289. The number of allylic oxidation sites excluding steroid dienone is 1. The maximum atomic E-state index is 13.6. The number of thiol groups is 1.